The van der Waals surface area contributed by atoms with Crippen LogP contribution in [0.1, 0.15) is 54.6 Å². The van der Waals surface area contributed by atoms with Crippen LogP contribution in [0.2, 0.25) is 0 Å². The number of halogens is 1. The highest BCUT2D eigenvalue weighted by Gasteiger charge is 2.21. The van der Waals surface area contributed by atoms with Gasteiger partial charge in [0.1, 0.15) is 11.6 Å². The Labute approximate surface area is 188 Å². The summed E-state index contributed by atoms with van der Waals surface area (Å²) in [5.74, 6) is 0.124. The molecule has 1 amide bonds. The number of amides is 1. The van der Waals surface area contributed by atoms with E-state index in [1.165, 1.54) is 25.0 Å². The Hall–Kier alpha value is -2.99. The Morgan fingerprint density at radius 2 is 2.03 bits per heavy atom. The maximum atomic E-state index is 14.6. The van der Waals surface area contributed by atoms with Gasteiger partial charge in [0.2, 0.25) is 0 Å². The minimum Gasteiger partial charge on any atom is -0.493 e. The van der Waals surface area contributed by atoms with Crippen molar-refractivity contribution in [2.45, 2.75) is 52.6 Å². The average molecular weight is 436 g/mol. The van der Waals surface area contributed by atoms with Gasteiger partial charge in [-0.1, -0.05) is 32.8 Å². The molecule has 1 aromatic heterocycles. The van der Waals surface area contributed by atoms with Gasteiger partial charge < -0.3 is 15.4 Å². The third kappa shape index (κ3) is 5.43. The fourth-order valence-electron chi connectivity index (χ4n) is 3.66. The van der Waals surface area contributed by atoms with E-state index in [4.69, 9.17) is 4.74 Å². The molecule has 1 aliphatic rings. The van der Waals surface area contributed by atoms with Gasteiger partial charge in [-0.3, -0.25) is 9.78 Å². The van der Waals surface area contributed by atoms with Gasteiger partial charge in [-0.05, 0) is 54.7 Å². The highest BCUT2D eigenvalue weighted by molar-refractivity contribution is 6.06. The number of aromatic nitrogens is 1. The number of rotatable bonds is 9. The van der Waals surface area contributed by atoms with Gasteiger partial charge in [0.05, 0.1) is 17.7 Å². The predicted molar refractivity (Wildman–Crippen MR) is 126 cm³/mol. The first-order chi connectivity index (χ1) is 15.4. The third-order valence-corrected chi connectivity index (χ3v) is 5.80. The zero-order valence-corrected chi connectivity index (χ0v) is 18.9. The summed E-state index contributed by atoms with van der Waals surface area (Å²) in [5, 5.41) is 7.21. The number of carbonyl (C=O) groups is 1. The van der Waals surface area contributed by atoms with Crippen molar-refractivity contribution < 1.29 is 13.9 Å². The zero-order valence-electron chi connectivity index (χ0n) is 18.9. The molecule has 0 unspecified atom stereocenters. The lowest BCUT2D eigenvalue weighted by molar-refractivity contribution is 0.102. The summed E-state index contributed by atoms with van der Waals surface area (Å²) in [5.41, 5.74) is 3.37. The van der Waals surface area contributed by atoms with E-state index >= 15 is 0 Å². The number of hydrogen-bond donors (Lipinski definition) is 2. The first-order valence-corrected chi connectivity index (χ1v) is 11.3. The average Bonchev–Trinajstić information content (AvgIpc) is 3.58. The van der Waals surface area contributed by atoms with Crippen LogP contribution in [0.3, 0.4) is 0 Å². The van der Waals surface area contributed by atoms with Crippen LogP contribution in [0.15, 0.2) is 42.6 Å². The second-order valence-corrected chi connectivity index (χ2v) is 8.87. The van der Waals surface area contributed by atoms with E-state index in [0.29, 0.717) is 24.1 Å². The fraction of sp³-hybridized carbons (Fsp3) is 0.385. The molecule has 1 saturated carbocycles. The summed E-state index contributed by atoms with van der Waals surface area (Å²) in [7, 11) is 0. The maximum absolute atomic E-state index is 14.6. The number of nitrogens with one attached hydrogen (secondary N) is 2. The lowest BCUT2D eigenvalue weighted by Crippen LogP contribution is -2.21. The minimum atomic E-state index is -0.592. The van der Waals surface area contributed by atoms with Gasteiger partial charge in [-0.25, -0.2) is 4.39 Å². The molecule has 5 nitrogen and oxygen atoms in total. The molecule has 32 heavy (non-hydrogen) atoms. The standard InChI is InChI=1S/C26H30FN3O2/c1-16(2)28-14-19-12-20-6-9-24(17(3)25(20)29-15-19)30-26(31)22-8-7-21(13-23(22)27)32-11-10-18-4-5-18/h6-9,12-13,15-16,18,28H,4-5,10-11,14H2,1-3H3,(H,30,31). The molecule has 1 fully saturated rings. The Balaban J connectivity index is 1.45. The quantitative estimate of drug-likeness (QED) is 0.458. The monoisotopic (exact) mass is 435 g/mol. The highest BCUT2D eigenvalue weighted by Crippen LogP contribution is 2.32. The van der Waals surface area contributed by atoms with Gasteiger partial charge in [0.25, 0.3) is 5.91 Å². The molecule has 4 rings (SSSR count). The second-order valence-electron chi connectivity index (χ2n) is 8.87. The summed E-state index contributed by atoms with van der Waals surface area (Å²) in [6.07, 6.45) is 5.36. The molecule has 0 atom stereocenters. The number of fused-ring (bicyclic) bond motifs is 1. The first-order valence-electron chi connectivity index (χ1n) is 11.3. The van der Waals surface area contributed by atoms with Crippen molar-refractivity contribution in [3.63, 3.8) is 0 Å². The number of hydrogen-bond acceptors (Lipinski definition) is 4. The number of benzene rings is 2. The van der Waals surface area contributed by atoms with Gasteiger partial charge in [0.15, 0.2) is 0 Å². The molecule has 2 aromatic carbocycles. The number of nitrogens with zero attached hydrogens (tertiary/aromatic N) is 1. The Kier molecular flexibility index (Phi) is 6.70. The summed E-state index contributed by atoms with van der Waals surface area (Å²) in [6, 6.07) is 10.7. The van der Waals surface area contributed by atoms with Gasteiger partial charge in [0, 0.05) is 35.9 Å². The van der Waals surface area contributed by atoms with Crippen molar-refractivity contribution in [2.75, 3.05) is 11.9 Å². The minimum absolute atomic E-state index is 0.0119. The molecular formula is C26H30FN3O2. The van der Waals surface area contributed by atoms with Gasteiger partial charge >= 0.3 is 0 Å². The van der Waals surface area contributed by atoms with Crippen molar-refractivity contribution in [3.8, 4) is 5.75 Å². The van der Waals surface area contributed by atoms with E-state index in [0.717, 1.165) is 40.9 Å². The normalized spacial score (nSPS) is 13.5. The Bertz CT molecular complexity index is 1130. The van der Waals surface area contributed by atoms with E-state index in [1.807, 2.05) is 25.3 Å². The number of pyridine rings is 1. The molecular weight excluding hydrogens is 405 g/mol. The van der Waals surface area contributed by atoms with Crippen LogP contribution in [-0.2, 0) is 6.54 Å². The van der Waals surface area contributed by atoms with Crippen LogP contribution in [0, 0.1) is 18.7 Å². The van der Waals surface area contributed by atoms with Crippen LogP contribution < -0.4 is 15.4 Å². The smallest absolute Gasteiger partial charge is 0.258 e. The Morgan fingerprint density at radius 1 is 1.22 bits per heavy atom. The Morgan fingerprint density at radius 3 is 2.75 bits per heavy atom. The molecule has 0 saturated heterocycles. The van der Waals surface area contributed by atoms with Crippen molar-refractivity contribution >= 4 is 22.5 Å². The van der Waals surface area contributed by atoms with E-state index in [2.05, 4.69) is 35.5 Å². The molecule has 1 aliphatic carbocycles. The predicted octanol–water partition coefficient (Wildman–Crippen LogP) is 5.61. The van der Waals surface area contributed by atoms with Gasteiger partial charge in [-0.2, -0.15) is 0 Å². The fourth-order valence-corrected chi connectivity index (χ4v) is 3.66. The summed E-state index contributed by atoms with van der Waals surface area (Å²) >= 11 is 0. The molecule has 0 aliphatic heterocycles. The molecule has 6 heteroatoms. The SMILES string of the molecule is Cc1c(NC(=O)c2ccc(OCCC3CC3)cc2F)ccc2cc(CNC(C)C)cnc12. The second kappa shape index (κ2) is 9.65. The lowest BCUT2D eigenvalue weighted by atomic mass is 10.1. The topological polar surface area (TPSA) is 63.2 Å². The molecule has 168 valence electrons. The van der Waals surface area contributed by atoms with Crippen LogP contribution in [0.25, 0.3) is 10.9 Å². The highest BCUT2D eigenvalue weighted by atomic mass is 19.1. The molecule has 0 bridgehead atoms. The zero-order chi connectivity index (χ0) is 22.7. The van der Waals surface area contributed by atoms with Crippen LogP contribution in [-0.4, -0.2) is 23.5 Å². The summed E-state index contributed by atoms with van der Waals surface area (Å²) in [4.78, 5) is 17.3. The van der Waals surface area contributed by atoms with E-state index in [1.54, 1.807) is 6.07 Å². The van der Waals surface area contributed by atoms with Crippen LogP contribution in [0.5, 0.6) is 5.75 Å². The first kappa shape index (κ1) is 22.2. The van der Waals surface area contributed by atoms with Crippen molar-refractivity contribution in [1.29, 1.82) is 0 Å². The molecule has 3 aromatic rings. The van der Waals surface area contributed by atoms with E-state index < -0.39 is 11.7 Å². The third-order valence-electron chi connectivity index (χ3n) is 5.80. The van der Waals surface area contributed by atoms with Gasteiger partial charge in [-0.15, -0.1) is 0 Å². The van der Waals surface area contributed by atoms with Crippen molar-refractivity contribution in [2.24, 2.45) is 5.92 Å². The van der Waals surface area contributed by atoms with Crippen molar-refractivity contribution in [1.82, 2.24) is 10.3 Å². The molecule has 0 radical (unpaired) electrons. The summed E-state index contributed by atoms with van der Waals surface area (Å²) in [6.45, 7) is 7.44. The molecule has 2 N–H and O–H groups in total. The number of ether oxygens (including phenoxy) is 1. The summed E-state index contributed by atoms with van der Waals surface area (Å²) < 4.78 is 20.2. The maximum Gasteiger partial charge on any atom is 0.258 e. The number of anilines is 1. The van der Waals surface area contributed by atoms with E-state index in [9.17, 15) is 9.18 Å². The van der Waals surface area contributed by atoms with E-state index in [-0.39, 0.29) is 5.56 Å². The molecule has 1 heterocycles. The van der Waals surface area contributed by atoms with Crippen LogP contribution in [0.4, 0.5) is 10.1 Å². The number of carbonyl (C=O) groups excluding carboxylic acids is 1. The van der Waals surface area contributed by atoms with Crippen molar-refractivity contribution in [3.05, 3.63) is 65.1 Å². The molecule has 0 spiro atoms. The largest absolute Gasteiger partial charge is 0.493 e. The number of aryl methyl sites for hydroxylation is 1. The lowest BCUT2D eigenvalue weighted by Gasteiger charge is -2.13. The van der Waals surface area contributed by atoms with Crippen LogP contribution >= 0.6 is 0 Å².